The molecular formula is C15H18Cl2N2O3. The lowest BCUT2D eigenvalue weighted by Crippen LogP contribution is -2.46. The van der Waals surface area contributed by atoms with Crippen LogP contribution in [0.2, 0.25) is 10.0 Å². The quantitative estimate of drug-likeness (QED) is 0.872. The van der Waals surface area contributed by atoms with Gasteiger partial charge in [-0.1, -0.05) is 23.2 Å². The predicted molar refractivity (Wildman–Crippen MR) is 85.4 cm³/mol. The van der Waals surface area contributed by atoms with Crippen molar-refractivity contribution in [3.05, 3.63) is 28.2 Å². The van der Waals surface area contributed by atoms with E-state index in [1.807, 2.05) is 4.90 Å². The first kappa shape index (κ1) is 16.0. The zero-order valence-corrected chi connectivity index (χ0v) is 13.5. The number of carbonyl (C=O) groups is 1. The van der Waals surface area contributed by atoms with Crippen LogP contribution < -0.4 is 4.90 Å². The molecule has 0 unspecified atom stereocenters. The van der Waals surface area contributed by atoms with Crippen LogP contribution in [0.4, 0.5) is 5.69 Å². The summed E-state index contributed by atoms with van der Waals surface area (Å²) in [5, 5.41) is 20.2. The Morgan fingerprint density at radius 3 is 2.77 bits per heavy atom. The van der Waals surface area contributed by atoms with E-state index in [4.69, 9.17) is 23.2 Å². The van der Waals surface area contributed by atoms with Crippen molar-refractivity contribution < 1.29 is 15.0 Å². The van der Waals surface area contributed by atoms with E-state index in [-0.39, 0.29) is 24.6 Å². The normalized spacial score (nSPS) is 29.5. The van der Waals surface area contributed by atoms with Gasteiger partial charge in [-0.2, -0.15) is 0 Å². The molecule has 0 bridgehead atoms. The molecule has 1 aromatic carbocycles. The summed E-state index contributed by atoms with van der Waals surface area (Å²) in [7, 11) is 0. The van der Waals surface area contributed by atoms with Gasteiger partial charge in [0.15, 0.2) is 0 Å². The van der Waals surface area contributed by atoms with Crippen LogP contribution in [0.15, 0.2) is 18.2 Å². The topological polar surface area (TPSA) is 64.0 Å². The highest BCUT2D eigenvalue weighted by Gasteiger charge is 2.43. The highest BCUT2D eigenvalue weighted by molar-refractivity contribution is 6.36. The average Bonchev–Trinajstić information content (AvgIpc) is 3.02. The van der Waals surface area contributed by atoms with Crippen LogP contribution in [0.3, 0.4) is 0 Å². The summed E-state index contributed by atoms with van der Waals surface area (Å²) in [6.07, 6.45) is 0.668. The summed E-state index contributed by atoms with van der Waals surface area (Å²) in [4.78, 5) is 16.3. The van der Waals surface area contributed by atoms with Gasteiger partial charge in [0.1, 0.15) is 0 Å². The van der Waals surface area contributed by atoms with Crippen LogP contribution in [0, 0.1) is 0 Å². The number of hydrogen-bond acceptors (Lipinski definition) is 4. The number of anilines is 1. The van der Waals surface area contributed by atoms with Crippen molar-refractivity contribution in [1.29, 1.82) is 0 Å². The molecule has 1 amide bonds. The standard InChI is InChI=1S/C15H18Cl2N2O3/c16-9-1-2-13(12(17)5-9)18-4-3-14(15(18)22)19-7-11(21)6-10(19)8-20/h1-2,5,10-11,14,20-21H,3-4,6-8H2/t10-,11+,14+/m0/s1. The number of hydrogen-bond donors (Lipinski definition) is 2. The van der Waals surface area contributed by atoms with E-state index in [1.54, 1.807) is 23.1 Å². The van der Waals surface area contributed by atoms with Crippen LogP contribution >= 0.6 is 23.2 Å². The van der Waals surface area contributed by atoms with E-state index in [2.05, 4.69) is 0 Å². The van der Waals surface area contributed by atoms with Crippen LogP contribution in [-0.4, -0.2) is 58.9 Å². The number of halogens is 2. The Bertz CT molecular complexity index is 584. The van der Waals surface area contributed by atoms with Gasteiger partial charge in [-0.15, -0.1) is 0 Å². The third-order valence-corrected chi connectivity index (χ3v) is 4.96. The molecule has 2 fully saturated rings. The Morgan fingerprint density at radius 1 is 1.32 bits per heavy atom. The molecule has 1 aromatic rings. The van der Waals surface area contributed by atoms with Crippen molar-refractivity contribution in [2.24, 2.45) is 0 Å². The lowest BCUT2D eigenvalue weighted by molar-refractivity contribution is -0.122. The van der Waals surface area contributed by atoms with Crippen molar-refractivity contribution in [3.63, 3.8) is 0 Å². The second kappa shape index (κ2) is 6.34. The van der Waals surface area contributed by atoms with E-state index in [0.29, 0.717) is 41.7 Å². The summed E-state index contributed by atoms with van der Waals surface area (Å²) in [5.74, 6) is -0.0447. The maximum atomic E-state index is 12.7. The molecule has 0 aromatic heterocycles. The lowest BCUT2D eigenvalue weighted by Gasteiger charge is -2.28. The Balaban J connectivity index is 1.80. The minimum absolute atomic E-state index is 0.0447. The van der Waals surface area contributed by atoms with Gasteiger partial charge in [0.2, 0.25) is 5.91 Å². The molecule has 0 radical (unpaired) electrons. The third-order valence-electron chi connectivity index (χ3n) is 4.42. The first-order valence-corrected chi connectivity index (χ1v) is 8.08. The summed E-state index contributed by atoms with van der Waals surface area (Å²) in [6, 6.07) is 4.59. The molecule has 0 saturated carbocycles. The highest BCUT2D eigenvalue weighted by Crippen LogP contribution is 2.34. The molecule has 2 saturated heterocycles. The van der Waals surface area contributed by atoms with Crippen LogP contribution in [0.25, 0.3) is 0 Å². The molecule has 2 heterocycles. The molecule has 120 valence electrons. The minimum atomic E-state index is -0.488. The predicted octanol–water partition coefficient (Wildman–Crippen LogP) is 1.53. The third kappa shape index (κ3) is 2.84. The molecule has 3 atom stereocenters. The molecule has 0 aliphatic carbocycles. The fourth-order valence-corrected chi connectivity index (χ4v) is 3.90. The maximum Gasteiger partial charge on any atom is 0.244 e. The Hall–Kier alpha value is -0.850. The number of likely N-dealkylation sites (tertiary alicyclic amines) is 1. The lowest BCUT2D eigenvalue weighted by atomic mass is 10.1. The van der Waals surface area contributed by atoms with Gasteiger partial charge in [0, 0.05) is 24.2 Å². The molecule has 2 N–H and O–H groups in total. The van der Waals surface area contributed by atoms with E-state index >= 15 is 0 Å². The van der Waals surface area contributed by atoms with Crippen molar-refractivity contribution in [2.45, 2.75) is 31.0 Å². The first-order valence-electron chi connectivity index (χ1n) is 7.32. The molecule has 7 heteroatoms. The number of amides is 1. The highest BCUT2D eigenvalue weighted by atomic mass is 35.5. The number of aliphatic hydroxyl groups is 2. The zero-order chi connectivity index (χ0) is 15.9. The van der Waals surface area contributed by atoms with Crippen LogP contribution in [-0.2, 0) is 4.79 Å². The van der Waals surface area contributed by atoms with Crippen molar-refractivity contribution in [1.82, 2.24) is 4.90 Å². The van der Waals surface area contributed by atoms with Gasteiger partial charge in [-0.3, -0.25) is 9.69 Å². The van der Waals surface area contributed by atoms with Gasteiger partial charge in [-0.25, -0.2) is 0 Å². The van der Waals surface area contributed by atoms with E-state index in [9.17, 15) is 15.0 Å². The van der Waals surface area contributed by atoms with E-state index in [1.165, 1.54) is 0 Å². The summed E-state index contributed by atoms with van der Waals surface area (Å²) in [5.41, 5.74) is 0.652. The van der Waals surface area contributed by atoms with E-state index in [0.717, 1.165) is 0 Å². The van der Waals surface area contributed by atoms with Gasteiger partial charge >= 0.3 is 0 Å². The summed E-state index contributed by atoms with van der Waals surface area (Å²) < 4.78 is 0. The van der Waals surface area contributed by atoms with Gasteiger partial charge in [-0.05, 0) is 31.0 Å². The Kier molecular flexibility index (Phi) is 4.61. The SMILES string of the molecule is O=C1[C@H](N2C[C@H](O)C[C@H]2CO)CCN1c1ccc(Cl)cc1Cl. The number of β-amino-alcohol motifs (C(OH)–C–C–N with tert-alkyl or cyclic N) is 1. The molecule has 0 spiro atoms. The second-order valence-corrected chi connectivity index (χ2v) is 6.66. The Labute approximate surface area is 139 Å². The van der Waals surface area contributed by atoms with E-state index < -0.39 is 6.10 Å². The monoisotopic (exact) mass is 344 g/mol. The van der Waals surface area contributed by atoms with Crippen molar-refractivity contribution >= 4 is 34.8 Å². The van der Waals surface area contributed by atoms with Crippen molar-refractivity contribution in [2.75, 3.05) is 24.6 Å². The van der Waals surface area contributed by atoms with Gasteiger partial charge in [0.05, 0.1) is 29.5 Å². The summed E-state index contributed by atoms with van der Waals surface area (Å²) >= 11 is 12.1. The maximum absolute atomic E-state index is 12.7. The zero-order valence-electron chi connectivity index (χ0n) is 12.0. The van der Waals surface area contributed by atoms with Crippen LogP contribution in [0.1, 0.15) is 12.8 Å². The molecule has 5 nitrogen and oxygen atoms in total. The fourth-order valence-electron chi connectivity index (χ4n) is 3.39. The van der Waals surface area contributed by atoms with Crippen molar-refractivity contribution in [3.8, 4) is 0 Å². The number of nitrogens with zero attached hydrogens (tertiary/aromatic N) is 2. The molecule has 2 aliphatic heterocycles. The van der Waals surface area contributed by atoms with Gasteiger partial charge in [0.25, 0.3) is 0 Å². The number of benzene rings is 1. The molecule has 2 aliphatic rings. The van der Waals surface area contributed by atoms with Gasteiger partial charge < -0.3 is 15.1 Å². The largest absolute Gasteiger partial charge is 0.395 e. The minimum Gasteiger partial charge on any atom is -0.395 e. The summed E-state index contributed by atoms with van der Waals surface area (Å²) in [6.45, 7) is 0.933. The first-order chi connectivity index (χ1) is 10.5. The van der Waals surface area contributed by atoms with Crippen LogP contribution in [0.5, 0.6) is 0 Å². The molecule has 3 rings (SSSR count). The number of rotatable bonds is 3. The molecule has 22 heavy (non-hydrogen) atoms. The number of carbonyl (C=O) groups excluding carboxylic acids is 1. The fraction of sp³-hybridized carbons (Fsp3) is 0.533. The smallest absolute Gasteiger partial charge is 0.244 e. The second-order valence-electron chi connectivity index (χ2n) is 5.81. The Morgan fingerprint density at radius 2 is 2.09 bits per heavy atom. The number of aliphatic hydroxyl groups excluding tert-OH is 2. The average molecular weight is 345 g/mol. The molecular weight excluding hydrogens is 327 g/mol.